The highest BCUT2D eigenvalue weighted by atomic mass is 16.6. The van der Waals surface area contributed by atoms with Crippen LogP contribution in [0.4, 0.5) is 0 Å². The van der Waals surface area contributed by atoms with E-state index in [1.807, 2.05) is 24.3 Å². The first-order chi connectivity index (χ1) is 5.40. The molecule has 0 saturated carbocycles. The van der Waals surface area contributed by atoms with Crippen LogP contribution in [0.25, 0.3) is 11.1 Å². The molecule has 2 aromatic rings. The van der Waals surface area contributed by atoms with E-state index < -0.39 is 0 Å². The van der Waals surface area contributed by atoms with Gasteiger partial charge in [0.05, 0.1) is 7.11 Å². The lowest BCUT2D eigenvalue weighted by Crippen LogP contribution is -1.79. The Morgan fingerprint density at radius 2 is 2.18 bits per heavy atom. The van der Waals surface area contributed by atoms with Crippen LogP contribution < -0.4 is 4.74 Å². The van der Waals surface area contributed by atoms with Crippen molar-refractivity contribution >= 4 is 11.1 Å². The number of fused-ring (bicyclic) bond motifs is 1. The van der Waals surface area contributed by atoms with Crippen molar-refractivity contribution < 1.29 is 9.15 Å². The zero-order valence-electron chi connectivity index (χ0n) is 6.07. The van der Waals surface area contributed by atoms with Crippen LogP contribution in [0.15, 0.2) is 28.7 Å². The molecule has 56 valence electrons. The normalized spacial score (nSPS) is 10.3. The van der Waals surface area contributed by atoms with Gasteiger partial charge in [0.15, 0.2) is 5.58 Å². The molecule has 11 heavy (non-hydrogen) atoms. The molecule has 1 aromatic heterocycles. The van der Waals surface area contributed by atoms with Crippen molar-refractivity contribution in [2.45, 2.75) is 0 Å². The quantitative estimate of drug-likeness (QED) is 0.620. The van der Waals surface area contributed by atoms with Gasteiger partial charge < -0.3 is 9.15 Å². The molecule has 0 amide bonds. The van der Waals surface area contributed by atoms with Gasteiger partial charge in [-0.05, 0) is 12.1 Å². The summed E-state index contributed by atoms with van der Waals surface area (Å²) >= 11 is 0. The van der Waals surface area contributed by atoms with Gasteiger partial charge in [0.2, 0.25) is 0 Å². The minimum absolute atomic E-state index is 0.311. The maximum absolute atomic E-state index is 5.18. The Hall–Kier alpha value is -1.51. The summed E-state index contributed by atoms with van der Waals surface area (Å²) in [5.41, 5.74) is 1.58. The summed E-state index contributed by atoms with van der Waals surface area (Å²) < 4.78 is 10.0. The average molecular weight is 149 g/mol. The molecule has 0 N–H and O–H groups in total. The van der Waals surface area contributed by atoms with Crippen molar-refractivity contribution in [3.8, 4) is 6.08 Å². The molecule has 0 radical (unpaired) electrons. The number of rotatable bonds is 1. The first-order valence-electron chi connectivity index (χ1n) is 3.30. The molecule has 0 aliphatic heterocycles. The molecule has 0 aliphatic carbocycles. The number of para-hydroxylation sites is 2. The number of aromatic nitrogens is 1. The molecule has 0 unspecified atom stereocenters. The maximum atomic E-state index is 5.18. The van der Waals surface area contributed by atoms with E-state index in [-0.39, 0.29) is 0 Å². The number of methoxy groups -OCH3 is 1. The summed E-state index contributed by atoms with van der Waals surface area (Å²) in [4.78, 5) is 4.04. The Labute approximate surface area is 63.6 Å². The Morgan fingerprint density at radius 1 is 1.36 bits per heavy atom. The zero-order valence-corrected chi connectivity index (χ0v) is 6.07. The molecule has 0 bridgehead atoms. The molecule has 0 saturated heterocycles. The van der Waals surface area contributed by atoms with Gasteiger partial charge in [-0.2, -0.15) is 4.98 Å². The summed E-state index contributed by atoms with van der Waals surface area (Å²) in [6.07, 6.45) is 0.311. The summed E-state index contributed by atoms with van der Waals surface area (Å²) in [5.74, 6) is 0. The van der Waals surface area contributed by atoms with Crippen molar-refractivity contribution in [1.82, 2.24) is 4.98 Å². The zero-order chi connectivity index (χ0) is 7.68. The Balaban J connectivity index is 2.69. The minimum Gasteiger partial charge on any atom is -0.453 e. The van der Waals surface area contributed by atoms with Crippen LogP contribution in [0.1, 0.15) is 0 Å². The molecule has 2 rings (SSSR count). The fourth-order valence-electron chi connectivity index (χ4n) is 0.938. The van der Waals surface area contributed by atoms with E-state index in [0.717, 1.165) is 11.1 Å². The molecule has 0 fully saturated rings. The summed E-state index contributed by atoms with van der Waals surface area (Å²) in [6.45, 7) is 0. The van der Waals surface area contributed by atoms with E-state index >= 15 is 0 Å². The van der Waals surface area contributed by atoms with Crippen LogP contribution in [0.3, 0.4) is 0 Å². The van der Waals surface area contributed by atoms with Gasteiger partial charge in [-0.3, -0.25) is 0 Å². The predicted octanol–water partition coefficient (Wildman–Crippen LogP) is 1.84. The third-order valence-corrected chi connectivity index (χ3v) is 1.45. The number of oxazole rings is 1. The lowest BCUT2D eigenvalue weighted by atomic mass is 10.3. The molecular formula is C8H7NO2. The monoisotopic (exact) mass is 149 g/mol. The maximum Gasteiger partial charge on any atom is 0.394 e. The van der Waals surface area contributed by atoms with E-state index in [9.17, 15) is 0 Å². The number of hydrogen-bond acceptors (Lipinski definition) is 3. The smallest absolute Gasteiger partial charge is 0.394 e. The van der Waals surface area contributed by atoms with E-state index in [1.165, 1.54) is 7.11 Å². The van der Waals surface area contributed by atoms with Gasteiger partial charge in [-0.1, -0.05) is 12.1 Å². The molecular weight excluding hydrogens is 142 g/mol. The number of nitrogens with zero attached hydrogens (tertiary/aromatic N) is 1. The fourth-order valence-corrected chi connectivity index (χ4v) is 0.938. The topological polar surface area (TPSA) is 35.3 Å². The molecule has 0 spiro atoms. The second-order valence-electron chi connectivity index (χ2n) is 2.15. The SMILES string of the molecule is COc1nc2ccccc2o1. The second-order valence-corrected chi connectivity index (χ2v) is 2.15. The van der Waals surface area contributed by atoms with E-state index in [0.29, 0.717) is 6.08 Å². The third-order valence-electron chi connectivity index (χ3n) is 1.45. The first kappa shape index (κ1) is 6.22. The Kier molecular flexibility index (Phi) is 1.28. The highest BCUT2D eigenvalue weighted by molar-refractivity contribution is 5.72. The molecule has 0 atom stereocenters. The van der Waals surface area contributed by atoms with Crippen molar-refractivity contribution in [2.24, 2.45) is 0 Å². The predicted molar refractivity (Wildman–Crippen MR) is 40.6 cm³/mol. The lowest BCUT2D eigenvalue weighted by molar-refractivity contribution is 0.299. The largest absolute Gasteiger partial charge is 0.453 e. The van der Waals surface area contributed by atoms with Crippen LogP contribution in [0, 0.1) is 0 Å². The van der Waals surface area contributed by atoms with Gasteiger partial charge in [-0.25, -0.2) is 0 Å². The minimum atomic E-state index is 0.311. The fraction of sp³-hybridized carbons (Fsp3) is 0.125. The van der Waals surface area contributed by atoms with Crippen LogP contribution >= 0.6 is 0 Å². The summed E-state index contributed by atoms with van der Waals surface area (Å²) in [7, 11) is 1.53. The number of benzene rings is 1. The highest BCUT2D eigenvalue weighted by Crippen LogP contribution is 2.18. The lowest BCUT2D eigenvalue weighted by Gasteiger charge is -1.84. The number of hydrogen-bond donors (Lipinski definition) is 0. The molecule has 1 heterocycles. The van der Waals surface area contributed by atoms with E-state index in [1.54, 1.807) is 0 Å². The summed E-state index contributed by atoms with van der Waals surface area (Å²) in [5, 5.41) is 0. The van der Waals surface area contributed by atoms with Crippen molar-refractivity contribution in [2.75, 3.05) is 7.11 Å². The average Bonchev–Trinajstić information content (AvgIpc) is 2.46. The molecule has 1 aromatic carbocycles. The van der Waals surface area contributed by atoms with Gasteiger partial charge in [0, 0.05) is 0 Å². The first-order valence-corrected chi connectivity index (χ1v) is 3.30. The van der Waals surface area contributed by atoms with E-state index in [4.69, 9.17) is 9.15 Å². The van der Waals surface area contributed by atoms with Crippen molar-refractivity contribution in [1.29, 1.82) is 0 Å². The van der Waals surface area contributed by atoms with Crippen LogP contribution in [-0.4, -0.2) is 12.1 Å². The van der Waals surface area contributed by atoms with Gasteiger partial charge in [-0.15, -0.1) is 0 Å². The van der Waals surface area contributed by atoms with Crippen LogP contribution in [0.5, 0.6) is 6.08 Å². The standard InChI is InChI=1S/C8H7NO2/c1-10-8-9-6-4-2-3-5-7(6)11-8/h2-5H,1H3. The van der Waals surface area contributed by atoms with Gasteiger partial charge >= 0.3 is 6.08 Å². The van der Waals surface area contributed by atoms with Gasteiger partial charge in [0.1, 0.15) is 5.52 Å². The Bertz CT molecular complexity index is 334. The summed E-state index contributed by atoms with van der Waals surface area (Å²) in [6, 6.07) is 7.53. The van der Waals surface area contributed by atoms with Crippen LogP contribution in [-0.2, 0) is 0 Å². The molecule has 3 nitrogen and oxygen atoms in total. The molecule has 0 aliphatic rings. The highest BCUT2D eigenvalue weighted by Gasteiger charge is 2.02. The van der Waals surface area contributed by atoms with E-state index in [2.05, 4.69) is 4.98 Å². The van der Waals surface area contributed by atoms with Crippen molar-refractivity contribution in [3.05, 3.63) is 24.3 Å². The van der Waals surface area contributed by atoms with Crippen molar-refractivity contribution in [3.63, 3.8) is 0 Å². The third kappa shape index (κ3) is 0.941. The molecule has 3 heteroatoms. The Morgan fingerprint density at radius 3 is 2.91 bits per heavy atom. The second kappa shape index (κ2) is 2.27. The van der Waals surface area contributed by atoms with Crippen LogP contribution in [0.2, 0.25) is 0 Å². The van der Waals surface area contributed by atoms with Gasteiger partial charge in [0.25, 0.3) is 0 Å². The number of ether oxygens (including phenoxy) is 1.